The Morgan fingerprint density at radius 1 is 1.25 bits per heavy atom. The van der Waals surface area contributed by atoms with E-state index in [2.05, 4.69) is 10.6 Å². The van der Waals surface area contributed by atoms with Crippen molar-refractivity contribution < 1.29 is 14.7 Å². The summed E-state index contributed by atoms with van der Waals surface area (Å²) in [7, 11) is 0. The summed E-state index contributed by atoms with van der Waals surface area (Å²) < 4.78 is 0. The van der Waals surface area contributed by atoms with E-state index in [1.54, 1.807) is 18.2 Å². The number of aliphatic carboxylic acids is 1. The van der Waals surface area contributed by atoms with E-state index in [4.69, 9.17) is 28.3 Å². The van der Waals surface area contributed by atoms with Crippen LogP contribution in [-0.2, 0) is 4.79 Å². The number of amides is 2. The summed E-state index contributed by atoms with van der Waals surface area (Å²) in [6.07, 6.45) is 2.13. The van der Waals surface area contributed by atoms with Gasteiger partial charge in [-0.2, -0.15) is 0 Å². The molecule has 1 saturated carbocycles. The van der Waals surface area contributed by atoms with Crippen molar-refractivity contribution in [3.8, 4) is 0 Å². The van der Waals surface area contributed by atoms with Gasteiger partial charge < -0.3 is 15.7 Å². The summed E-state index contributed by atoms with van der Waals surface area (Å²) in [6, 6.07) is 4.39. The van der Waals surface area contributed by atoms with Crippen LogP contribution in [0.2, 0.25) is 10.0 Å². The maximum atomic E-state index is 12.0. The highest BCUT2D eigenvalue weighted by Crippen LogP contribution is 2.35. The third-order valence-corrected chi connectivity index (χ3v) is 4.01. The molecule has 0 heterocycles. The van der Waals surface area contributed by atoms with Crippen LogP contribution in [-0.4, -0.2) is 22.6 Å². The van der Waals surface area contributed by atoms with Gasteiger partial charge in [0.25, 0.3) is 0 Å². The Hall–Kier alpha value is -1.46. The number of hydrogen-bond donors (Lipinski definition) is 3. The number of carboxylic acids is 1. The van der Waals surface area contributed by atoms with Gasteiger partial charge in [0.2, 0.25) is 0 Å². The van der Waals surface area contributed by atoms with Crippen molar-refractivity contribution >= 4 is 40.9 Å². The minimum absolute atomic E-state index is 0.0866. The van der Waals surface area contributed by atoms with Gasteiger partial charge in [-0.25, -0.2) is 4.79 Å². The molecule has 0 bridgehead atoms. The molecule has 0 spiro atoms. The zero-order chi connectivity index (χ0) is 14.8. The second kappa shape index (κ2) is 5.89. The van der Waals surface area contributed by atoms with Gasteiger partial charge in [-0.1, -0.05) is 29.3 Å². The summed E-state index contributed by atoms with van der Waals surface area (Å²) in [5.41, 5.74) is -0.345. The number of nitrogens with one attached hydrogen (secondary N) is 2. The molecule has 0 radical (unpaired) electrons. The van der Waals surface area contributed by atoms with E-state index in [0.717, 1.165) is 6.42 Å². The number of carboxylic acid groups (broad SMARTS) is 1. The zero-order valence-corrected chi connectivity index (χ0v) is 12.1. The Kier molecular flexibility index (Phi) is 4.40. The molecule has 2 amide bonds. The molecular weight excluding hydrogens is 303 g/mol. The molecular formula is C13H14Cl2N2O3. The van der Waals surface area contributed by atoms with Gasteiger partial charge >= 0.3 is 12.0 Å². The zero-order valence-electron chi connectivity index (χ0n) is 10.6. The van der Waals surface area contributed by atoms with Gasteiger partial charge in [0.1, 0.15) is 0 Å². The lowest BCUT2D eigenvalue weighted by molar-refractivity contribution is -0.139. The van der Waals surface area contributed by atoms with Crippen molar-refractivity contribution in [2.45, 2.75) is 31.2 Å². The molecule has 1 aliphatic rings. The summed E-state index contributed by atoms with van der Waals surface area (Å²) >= 11 is 11.9. The van der Waals surface area contributed by atoms with Crippen LogP contribution in [0.4, 0.5) is 10.5 Å². The Labute approximate surface area is 126 Å². The van der Waals surface area contributed by atoms with Crippen LogP contribution in [0, 0.1) is 0 Å². The molecule has 1 fully saturated rings. The molecule has 1 aromatic carbocycles. The molecule has 3 N–H and O–H groups in total. The summed E-state index contributed by atoms with van der Waals surface area (Å²) in [5.74, 6) is -0.930. The first-order chi connectivity index (χ1) is 9.42. The lowest BCUT2D eigenvalue weighted by Crippen LogP contribution is -2.55. The fourth-order valence-corrected chi connectivity index (χ4v) is 2.73. The fourth-order valence-electron chi connectivity index (χ4n) is 2.24. The highest BCUT2D eigenvalue weighted by molar-refractivity contribution is 6.39. The number of anilines is 1. The van der Waals surface area contributed by atoms with E-state index >= 15 is 0 Å². The average Bonchev–Trinajstić information content (AvgIpc) is 2.30. The van der Waals surface area contributed by atoms with Gasteiger partial charge in [-0.05, 0) is 31.4 Å². The number of hydrogen-bond acceptors (Lipinski definition) is 2. The Morgan fingerprint density at radius 3 is 2.30 bits per heavy atom. The van der Waals surface area contributed by atoms with Crippen LogP contribution in [0.1, 0.15) is 25.7 Å². The lowest BCUT2D eigenvalue weighted by Gasteiger charge is -2.41. The van der Waals surface area contributed by atoms with Crippen LogP contribution in [0.15, 0.2) is 18.2 Å². The molecule has 0 saturated heterocycles. The average molecular weight is 317 g/mol. The van der Waals surface area contributed by atoms with E-state index in [-0.39, 0.29) is 6.42 Å². The second-order valence-electron chi connectivity index (χ2n) is 4.88. The molecule has 5 nitrogen and oxygen atoms in total. The molecule has 0 atom stereocenters. The molecule has 1 aromatic rings. The Balaban J connectivity index is 2.04. The largest absolute Gasteiger partial charge is 0.481 e. The van der Waals surface area contributed by atoms with Crippen molar-refractivity contribution in [1.29, 1.82) is 0 Å². The topological polar surface area (TPSA) is 78.4 Å². The molecule has 108 valence electrons. The molecule has 0 aliphatic heterocycles. The third kappa shape index (κ3) is 3.35. The van der Waals surface area contributed by atoms with Crippen molar-refractivity contribution in [1.82, 2.24) is 5.32 Å². The Bertz CT molecular complexity index is 524. The van der Waals surface area contributed by atoms with Crippen molar-refractivity contribution in [2.75, 3.05) is 5.32 Å². The second-order valence-corrected chi connectivity index (χ2v) is 5.69. The smallest absolute Gasteiger partial charge is 0.319 e. The maximum Gasteiger partial charge on any atom is 0.319 e. The van der Waals surface area contributed by atoms with E-state index in [9.17, 15) is 9.59 Å². The monoisotopic (exact) mass is 316 g/mol. The highest BCUT2D eigenvalue weighted by atomic mass is 35.5. The molecule has 7 heteroatoms. The van der Waals surface area contributed by atoms with Crippen LogP contribution in [0.3, 0.4) is 0 Å². The Morgan fingerprint density at radius 2 is 1.85 bits per heavy atom. The number of para-hydroxylation sites is 1. The molecule has 20 heavy (non-hydrogen) atoms. The number of benzene rings is 1. The van der Waals surface area contributed by atoms with Gasteiger partial charge in [0.15, 0.2) is 0 Å². The highest BCUT2D eigenvalue weighted by Gasteiger charge is 2.40. The van der Waals surface area contributed by atoms with Crippen molar-refractivity contribution in [3.63, 3.8) is 0 Å². The van der Waals surface area contributed by atoms with Gasteiger partial charge in [-0.3, -0.25) is 4.79 Å². The summed E-state index contributed by atoms with van der Waals surface area (Å²) in [4.78, 5) is 22.8. The quantitative estimate of drug-likeness (QED) is 0.795. The van der Waals surface area contributed by atoms with Crippen molar-refractivity contribution in [3.05, 3.63) is 28.2 Å². The van der Waals surface area contributed by atoms with Crippen molar-refractivity contribution in [2.24, 2.45) is 0 Å². The number of halogens is 2. The van der Waals surface area contributed by atoms with E-state index in [1.807, 2.05) is 0 Å². The molecule has 1 aliphatic carbocycles. The first-order valence-electron chi connectivity index (χ1n) is 6.17. The first-order valence-corrected chi connectivity index (χ1v) is 6.92. The first kappa shape index (κ1) is 14.9. The number of carbonyl (C=O) groups is 2. The standard InChI is InChI=1S/C13H14Cl2N2O3/c14-8-3-1-4-9(15)11(8)16-12(20)17-13(5-2-6-13)7-10(18)19/h1,3-4H,2,5-7H2,(H,18,19)(H2,16,17,20). The normalized spacial score (nSPS) is 16.1. The van der Waals surface area contributed by atoms with Crippen LogP contribution >= 0.6 is 23.2 Å². The minimum Gasteiger partial charge on any atom is -0.481 e. The van der Waals surface area contributed by atoms with Gasteiger partial charge in [-0.15, -0.1) is 0 Å². The molecule has 0 unspecified atom stereocenters. The SMILES string of the molecule is O=C(O)CC1(NC(=O)Nc2c(Cl)cccc2Cl)CCC1. The fraction of sp³-hybridized carbons (Fsp3) is 0.385. The summed E-state index contributed by atoms with van der Waals surface area (Å²) in [5, 5.41) is 14.8. The number of urea groups is 1. The van der Waals surface area contributed by atoms with Gasteiger partial charge in [0.05, 0.1) is 27.7 Å². The lowest BCUT2D eigenvalue weighted by atomic mass is 9.74. The minimum atomic E-state index is -0.930. The van der Waals surface area contributed by atoms with E-state index in [1.165, 1.54) is 0 Å². The third-order valence-electron chi connectivity index (χ3n) is 3.38. The maximum absolute atomic E-state index is 12.0. The van der Waals surface area contributed by atoms with E-state index < -0.39 is 17.5 Å². The van der Waals surface area contributed by atoms with Crippen LogP contribution in [0.25, 0.3) is 0 Å². The van der Waals surface area contributed by atoms with Crippen LogP contribution in [0.5, 0.6) is 0 Å². The number of rotatable bonds is 4. The molecule has 2 rings (SSSR count). The van der Waals surface area contributed by atoms with Crippen LogP contribution < -0.4 is 10.6 Å². The summed E-state index contributed by atoms with van der Waals surface area (Å²) in [6.45, 7) is 0. The number of carbonyl (C=O) groups excluding carboxylic acids is 1. The van der Waals surface area contributed by atoms with Gasteiger partial charge in [0, 0.05) is 0 Å². The molecule has 0 aromatic heterocycles. The van der Waals surface area contributed by atoms with E-state index in [0.29, 0.717) is 28.6 Å². The predicted molar refractivity (Wildman–Crippen MR) is 77.5 cm³/mol. The predicted octanol–water partition coefficient (Wildman–Crippen LogP) is 3.51.